The minimum absolute atomic E-state index is 0.248. The number of aromatic nitrogens is 3. The molecule has 0 radical (unpaired) electrons. The molecule has 1 atom stereocenters. The molecule has 1 aromatic heterocycles. The molecule has 1 aliphatic heterocycles. The number of nitrogens with zero attached hydrogens (tertiary/aromatic N) is 3. The number of nitrogens with one attached hydrogen (secondary N) is 1. The smallest absolute Gasteiger partial charge is 0.231 e. The third-order valence-corrected chi connectivity index (χ3v) is 3.16. The molecule has 0 saturated carbocycles. The van der Waals surface area contributed by atoms with Crippen molar-refractivity contribution in [3.05, 3.63) is 36.2 Å². The first-order valence-corrected chi connectivity index (χ1v) is 6.30. The molecule has 1 unspecified atom stereocenters. The van der Waals surface area contributed by atoms with Gasteiger partial charge in [0.05, 0.1) is 12.7 Å². The van der Waals surface area contributed by atoms with E-state index >= 15 is 0 Å². The molecule has 0 fully saturated rings. The molecule has 3 rings (SSSR count). The number of hydrogen-bond acceptors (Lipinski definition) is 5. The maximum absolute atomic E-state index is 5.38. The van der Waals surface area contributed by atoms with Gasteiger partial charge >= 0.3 is 0 Å². The summed E-state index contributed by atoms with van der Waals surface area (Å²) in [6.07, 6.45) is 3.54. The molecule has 1 aromatic carbocycles. The zero-order chi connectivity index (χ0) is 13.1. The van der Waals surface area contributed by atoms with Crippen molar-refractivity contribution in [2.45, 2.75) is 19.5 Å². The lowest BCUT2D eigenvalue weighted by atomic mass is 10.1. The zero-order valence-electron chi connectivity index (χ0n) is 10.7. The van der Waals surface area contributed by atoms with E-state index in [9.17, 15) is 0 Å². The average molecular weight is 260 g/mol. The molecule has 19 heavy (non-hydrogen) atoms. The topological polar surface area (TPSA) is 61.2 Å². The predicted octanol–water partition coefficient (Wildman–Crippen LogP) is 1.36. The highest BCUT2D eigenvalue weighted by Crippen LogP contribution is 2.33. The highest BCUT2D eigenvalue weighted by atomic mass is 16.7. The van der Waals surface area contributed by atoms with Gasteiger partial charge in [-0.3, -0.25) is 4.68 Å². The third kappa shape index (κ3) is 2.68. The van der Waals surface area contributed by atoms with E-state index in [0.717, 1.165) is 24.6 Å². The van der Waals surface area contributed by atoms with E-state index in [1.807, 2.05) is 18.3 Å². The van der Waals surface area contributed by atoms with Crippen LogP contribution in [0.1, 0.15) is 18.5 Å². The van der Waals surface area contributed by atoms with Gasteiger partial charge in [-0.2, -0.15) is 0 Å². The molecule has 0 amide bonds. The molecule has 0 aliphatic carbocycles. The van der Waals surface area contributed by atoms with Crippen molar-refractivity contribution in [1.29, 1.82) is 0 Å². The summed E-state index contributed by atoms with van der Waals surface area (Å²) in [5, 5.41) is 11.1. The first kappa shape index (κ1) is 12.0. The highest BCUT2D eigenvalue weighted by molar-refractivity contribution is 5.45. The van der Waals surface area contributed by atoms with Gasteiger partial charge in [0.2, 0.25) is 6.79 Å². The van der Waals surface area contributed by atoms with Crippen molar-refractivity contribution >= 4 is 0 Å². The van der Waals surface area contributed by atoms with E-state index in [1.54, 1.807) is 10.9 Å². The van der Waals surface area contributed by atoms with Gasteiger partial charge < -0.3 is 14.8 Å². The van der Waals surface area contributed by atoms with Crippen LogP contribution in [0.3, 0.4) is 0 Å². The van der Waals surface area contributed by atoms with Gasteiger partial charge in [-0.05, 0) is 24.6 Å². The van der Waals surface area contributed by atoms with Crippen LogP contribution in [0.2, 0.25) is 0 Å². The van der Waals surface area contributed by atoms with Gasteiger partial charge in [0.15, 0.2) is 11.5 Å². The molecule has 6 heteroatoms. The SMILES string of the molecule is CC(NCCn1ccnn1)c1ccc2c(c1)OCO2. The fourth-order valence-electron chi connectivity index (χ4n) is 2.05. The van der Waals surface area contributed by atoms with Crippen LogP contribution in [0.15, 0.2) is 30.6 Å². The molecule has 0 bridgehead atoms. The Hall–Kier alpha value is -2.08. The van der Waals surface area contributed by atoms with Gasteiger partial charge in [-0.25, -0.2) is 0 Å². The summed E-state index contributed by atoms with van der Waals surface area (Å²) < 4.78 is 12.5. The molecule has 6 nitrogen and oxygen atoms in total. The summed E-state index contributed by atoms with van der Waals surface area (Å²) in [5.41, 5.74) is 1.18. The molecular weight excluding hydrogens is 244 g/mol. The zero-order valence-corrected chi connectivity index (χ0v) is 10.7. The normalized spacial score (nSPS) is 14.6. The Morgan fingerprint density at radius 2 is 2.26 bits per heavy atom. The molecular formula is C13H16N4O2. The van der Waals surface area contributed by atoms with Crippen molar-refractivity contribution in [3.8, 4) is 11.5 Å². The second-order valence-corrected chi connectivity index (χ2v) is 4.45. The van der Waals surface area contributed by atoms with Crippen LogP contribution < -0.4 is 14.8 Å². The monoisotopic (exact) mass is 260 g/mol. The van der Waals surface area contributed by atoms with Crippen molar-refractivity contribution in [1.82, 2.24) is 20.3 Å². The Morgan fingerprint density at radius 3 is 3.11 bits per heavy atom. The van der Waals surface area contributed by atoms with Crippen LogP contribution in [0, 0.1) is 0 Å². The average Bonchev–Trinajstić information content (AvgIpc) is 3.08. The summed E-state index contributed by atoms with van der Waals surface area (Å²) in [4.78, 5) is 0. The van der Waals surface area contributed by atoms with Crippen LogP contribution in [0.5, 0.6) is 11.5 Å². The standard InChI is InChI=1S/C13H16N4O2/c1-10(14-4-6-17-7-5-15-16-17)11-2-3-12-13(8-11)19-9-18-12/h2-3,5,7-8,10,14H,4,6,9H2,1H3. The second-order valence-electron chi connectivity index (χ2n) is 4.45. The summed E-state index contributed by atoms with van der Waals surface area (Å²) in [7, 11) is 0. The molecule has 0 spiro atoms. The van der Waals surface area contributed by atoms with Crippen molar-refractivity contribution in [2.75, 3.05) is 13.3 Å². The van der Waals surface area contributed by atoms with E-state index in [0.29, 0.717) is 6.79 Å². The Balaban J connectivity index is 1.56. The van der Waals surface area contributed by atoms with Gasteiger partial charge in [-0.1, -0.05) is 11.3 Å². The lowest BCUT2D eigenvalue weighted by Crippen LogP contribution is -2.23. The number of fused-ring (bicyclic) bond motifs is 1. The van der Waals surface area contributed by atoms with Gasteiger partial charge in [-0.15, -0.1) is 5.10 Å². The van der Waals surface area contributed by atoms with Crippen molar-refractivity contribution in [2.24, 2.45) is 0 Å². The summed E-state index contributed by atoms with van der Waals surface area (Å²) in [6.45, 7) is 4.07. The number of ether oxygens (including phenoxy) is 2. The summed E-state index contributed by atoms with van der Waals surface area (Å²) in [5.74, 6) is 1.64. The number of hydrogen-bond donors (Lipinski definition) is 1. The minimum Gasteiger partial charge on any atom is -0.454 e. The first-order valence-electron chi connectivity index (χ1n) is 6.30. The van der Waals surface area contributed by atoms with Gasteiger partial charge in [0.1, 0.15) is 0 Å². The Labute approximate surface area is 111 Å². The van der Waals surface area contributed by atoms with Gasteiger partial charge in [0, 0.05) is 18.8 Å². The lowest BCUT2D eigenvalue weighted by molar-refractivity contribution is 0.174. The molecule has 1 aliphatic rings. The largest absolute Gasteiger partial charge is 0.454 e. The third-order valence-electron chi connectivity index (χ3n) is 3.16. The highest BCUT2D eigenvalue weighted by Gasteiger charge is 2.15. The number of benzene rings is 1. The maximum Gasteiger partial charge on any atom is 0.231 e. The Kier molecular flexibility index (Phi) is 3.33. The molecule has 0 saturated heterocycles. The van der Waals surface area contributed by atoms with Crippen LogP contribution in [-0.2, 0) is 6.54 Å². The fraction of sp³-hybridized carbons (Fsp3) is 0.385. The van der Waals surface area contributed by atoms with E-state index < -0.39 is 0 Å². The number of rotatable bonds is 5. The first-order chi connectivity index (χ1) is 9.33. The van der Waals surface area contributed by atoms with Crippen LogP contribution in [0.25, 0.3) is 0 Å². The van der Waals surface area contributed by atoms with E-state index in [-0.39, 0.29) is 6.04 Å². The Bertz CT molecular complexity index is 542. The second kappa shape index (κ2) is 5.27. The Morgan fingerprint density at radius 1 is 1.37 bits per heavy atom. The quantitative estimate of drug-likeness (QED) is 0.879. The van der Waals surface area contributed by atoms with E-state index in [4.69, 9.17) is 9.47 Å². The predicted molar refractivity (Wildman–Crippen MR) is 69.0 cm³/mol. The minimum atomic E-state index is 0.248. The molecule has 100 valence electrons. The van der Waals surface area contributed by atoms with E-state index in [1.165, 1.54) is 5.56 Å². The summed E-state index contributed by atoms with van der Waals surface area (Å²) >= 11 is 0. The van der Waals surface area contributed by atoms with Crippen molar-refractivity contribution in [3.63, 3.8) is 0 Å². The molecule has 2 aromatic rings. The van der Waals surface area contributed by atoms with Crippen LogP contribution in [0.4, 0.5) is 0 Å². The fourth-order valence-corrected chi connectivity index (χ4v) is 2.05. The van der Waals surface area contributed by atoms with Crippen LogP contribution in [-0.4, -0.2) is 28.3 Å². The summed E-state index contributed by atoms with van der Waals surface area (Å²) in [6, 6.07) is 6.28. The van der Waals surface area contributed by atoms with Gasteiger partial charge in [0.25, 0.3) is 0 Å². The lowest BCUT2D eigenvalue weighted by Gasteiger charge is -2.14. The van der Waals surface area contributed by atoms with Crippen LogP contribution >= 0.6 is 0 Å². The van der Waals surface area contributed by atoms with E-state index in [2.05, 4.69) is 28.6 Å². The van der Waals surface area contributed by atoms with Crippen molar-refractivity contribution < 1.29 is 9.47 Å². The maximum atomic E-state index is 5.38. The molecule has 1 N–H and O–H groups in total. The molecule has 2 heterocycles.